The summed E-state index contributed by atoms with van der Waals surface area (Å²) in [5.74, 6) is 0.443. The summed E-state index contributed by atoms with van der Waals surface area (Å²) in [4.78, 5) is 16.8. The number of aromatic nitrogens is 5. The second-order valence-corrected chi connectivity index (χ2v) is 9.59. The van der Waals surface area contributed by atoms with E-state index in [0.29, 0.717) is 12.6 Å². The first-order valence-electron chi connectivity index (χ1n) is 11.7. The zero-order valence-electron chi connectivity index (χ0n) is 20.5. The second-order valence-electron chi connectivity index (χ2n) is 9.59. The van der Waals surface area contributed by atoms with E-state index in [-0.39, 0.29) is 24.0 Å². The zero-order chi connectivity index (χ0) is 24.5. The van der Waals surface area contributed by atoms with E-state index in [1.165, 1.54) is 7.11 Å². The summed E-state index contributed by atoms with van der Waals surface area (Å²) in [7, 11) is 3.04. The number of ether oxygens (including phenoxy) is 2. The Balaban J connectivity index is 1.76. The monoisotopic (exact) mass is 470 g/mol. The summed E-state index contributed by atoms with van der Waals surface area (Å²) < 4.78 is 13.7. The molecule has 1 aliphatic rings. The summed E-state index contributed by atoms with van der Waals surface area (Å²) in [6.07, 6.45) is 8.53. The highest BCUT2D eigenvalue weighted by Gasteiger charge is 2.32. The third-order valence-corrected chi connectivity index (χ3v) is 6.60. The first-order valence-corrected chi connectivity index (χ1v) is 11.7. The van der Waals surface area contributed by atoms with Gasteiger partial charge in [0.05, 0.1) is 37.7 Å². The SMILES string of the molecule is COC[C@H](C)Nc1ncc2c(-c3cnn(C(C)(C)C(=O)OC)c3)cc([C@H]3CC[C@H](O)CC3)n2n1. The Labute approximate surface area is 199 Å². The van der Waals surface area contributed by atoms with Crippen molar-refractivity contribution in [2.75, 3.05) is 26.1 Å². The molecule has 3 aromatic heterocycles. The number of anilines is 1. The molecule has 3 aromatic rings. The van der Waals surface area contributed by atoms with Crippen LogP contribution in [-0.4, -0.2) is 68.4 Å². The Morgan fingerprint density at radius 3 is 2.68 bits per heavy atom. The van der Waals surface area contributed by atoms with Crippen LogP contribution in [0.4, 0.5) is 5.95 Å². The van der Waals surface area contributed by atoms with Gasteiger partial charge in [-0.15, -0.1) is 5.10 Å². The van der Waals surface area contributed by atoms with Gasteiger partial charge in [-0.1, -0.05) is 0 Å². The van der Waals surface area contributed by atoms with Gasteiger partial charge in [-0.3, -0.25) is 4.68 Å². The smallest absolute Gasteiger partial charge is 0.333 e. The molecule has 1 saturated carbocycles. The fraction of sp³-hybridized carbons (Fsp3) is 0.583. The minimum absolute atomic E-state index is 0.0598. The van der Waals surface area contributed by atoms with Crippen LogP contribution in [0.5, 0.6) is 0 Å². The standard InChI is InChI=1S/C24H34N6O4/c1-15(14-33-4)27-23-25-12-21-19(17-11-26-29(13-17)24(2,3)22(32)34-5)10-20(30(21)28-23)16-6-8-18(31)9-7-16/h10-13,15-16,18,31H,6-9,14H2,1-5H3,(H,27,28)/t15-,16-,18-/m0/s1. The van der Waals surface area contributed by atoms with Crippen LogP contribution >= 0.6 is 0 Å². The summed E-state index contributed by atoms with van der Waals surface area (Å²) in [6.45, 7) is 6.10. The van der Waals surface area contributed by atoms with Crippen LogP contribution in [0.15, 0.2) is 24.7 Å². The maximum Gasteiger partial charge on any atom is 0.333 e. The Morgan fingerprint density at radius 1 is 1.26 bits per heavy atom. The average Bonchev–Trinajstić information content (AvgIpc) is 3.44. The molecule has 10 nitrogen and oxygen atoms in total. The number of fused-ring (bicyclic) bond motifs is 1. The number of hydrogen-bond donors (Lipinski definition) is 2. The lowest BCUT2D eigenvalue weighted by molar-refractivity contribution is -0.150. The molecule has 0 amide bonds. The van der Waals surface area contributed by atoms with E-state index in [9.17, 15) is 9.90 Å². The van der Waals surface area contributed by atoms with Gasteiger partial charge in [-0.25, -0.2) is 14.3 Å². The van der Waals surface area contributed by atoms with Crippen LogP contribution in [0.1, 0.15) is 58.1 Å². The lowest BCUT2D eigenvalue weighted by Gasteiger charge is -2.25. The van der Waals surface area contributed by atoms with Crippen molar-refractivity contribution in [3.63, 3.8) is 0 Å². The fourth-order valence-electron chi connectivity index (χ4n) is 4.60. The maximum atomic E-state index is 12.3. The molecule has 0 aromatic carbocycles. The topological polar surface area (TPSA) is 116 Å². The van der Waals surface area contributed by atoms with E-state index in [2.05, 4.69) is 21.5 Å². The first kappa shape index (κ1) is 24.2. The van der Waals surface area contributed by atoms with Crippen LogP contribution < -0.4 is 5.32 Å². The predicted molar refractivity (Wildman–Crippen MR) is 128 cm³/mol. The molecular weight excluding hydrogens is 436 g/mol. The van der Waals surface area contributed by atoms with Crippen LogP contribution in [0.25, 0.3) is 16.6 Å². The maximum absolute atomic E-state index is 12.3. The molecule has 0 unspecified atom stereocenters. The van der Waals surface area contributed by atoms with Crippen LogP contribution in [-0.2, 0) is 19.8 Å². The molecule has 0 spiro atoms. The average molecular weight is 471 g/mol. The number of carbonyl (C=O) groups is 1. The molecule has 184 valence electrons. The van der Waals surface area contributed by atoms with Crippen molar-refractivity contribution in [2.45, 2.75) is 70.1 Å². The third kappa shape index (κ3) is 4.65. The Morgan fingerprint density at radius 2 is 2.00 bits per heavy atom. The molecule has 0 aliphatic heterocycles. The molecular formula is C24H34N6O4. The van der Waals surface area contributed by atoms with Crippen molar-refractivity contribution in [1.82, 2.24) is 24.4 Å². The summed E-state index contributed by atoms with van der Waals surface area (Å²) in [6, 6.07) is 2.20. The van der Waals surface area contributed by atoms with Crippen LogP contribution in [0, 0.1) is 0 Å². The minimum atomic E-state index is -0.935. The highest BCUT2D eigenvalue weighted by molar-refractivity contribution is 5.82. The number of rotatable bonds is 8. The van der Waals surface area contributed by atoms with Crippen molar-refractivity contribution in [2.24, 2.45) is 0 Å². The number of nitrogens with one attached hydrogen (secondary N) is 1. The summed E-state index contributed by atoms with van der Waals surface area (Å²) in [5.41, 5.74) is 2.83. The highest BCUT2D eigenvalue weighted by atomic mass is 16.5. The van der Waals surface area contributed by atoms with Crippen LogP contribution in [0.2, 0.25) is 0 Å². The first-order chi connectivity index (χ1) is 16.2. The number of nitrogens with zero attached hydrogens (tertiary/aromatic N) is 5. The molecule has 0 radical (unpaired) electrons. The van der Waals surface area contributed by atoms with E-state index in [0.717, 1.165) is 48.0 Å². The zero-order valence-corrected chi connectivity index (χ0v) is 20.5. The van der Waals surface area contributed by atoms with Crippen molar-refractivity contribution in [3.8, 4) is 11.1 Å². The van der Waals surface area contributed by atoms with E-state index in [1.807, 2.05) is 23.8 Å². The van der Waals surface area contributed by atoms with E-state index < -0.39 is 5.54 Å². The molecule has 4 rings (SSSR count). The molecule has 1 fully saturated rings. The number of hydrogen-bond acceptors (Lipinski definition) is 8. The van der Waals surface area contributed by atoms with Crippen molar-refractivity contribution >= 4 is 17.4 Å². The molecule has 0 bridgehead atoms. The van der Waals surface area contributed by atoms with E-state index in [1.54, 1.807) is 31.8 Å². The molecule has 2 N–H and O–H groups in total. The lowest BCUT2D eigenvalue weighted by Crippen LogP contribution is -2.37. The molecule has 3 heterocycles. The molecule has 0 saturated heterocycles. The molecule has 34 heavy (non-hydrogen) atoms. The number of carbonyl (C=O) groups excluding carboxylic acids is 1. The summed E-state index contributed by atoms with van der Waals surface area (Å²) >= 11 is 0. The van der Waals surface area contributed by atoms with Gasteiger partial charge >= 0.3 is 5.97 Å². The van der Waals surface area contributed by atoms with E-state index >= 15 is 0 Å². The molecule has 10 heteroatoms. The number of methoxy groups -OCH3 is 2. The Hall–Kier alpha value is -2.98. The Bertz CT molecular complexity index is 1150. The summed E-state index contributed by atoms with van der Waals surface area (Å²) in [5, 5.41) is 22.6. The van der Waals surface area contributed by atoms with Crippen molar-refractivity contribution in [3.05, 3.63) is 30.4 Å². The highest BCUT2D eigenvalue weighted by Crippen LogP contribution is 2.38. The van der Waals surface area contributed by atoms with Gasteiger partial charge < -0.3 is 19.9 Å². The van der Waals surface area contributed by atoms with Gasteiger partial charge in [0, 0.05) is 42.1 Å². The second kappa shape index (κ2) is 9.71. The van der Waals surface area contributed by atoms with Gasteiger partial charge in [0.25, 0.3) is 0 Å². The molecule has 1 atom stereocenters. The van der Waals surface area contributed by atoms with Gasteiger partial charge in [0.15, 0.2) is 5.54 Å². The van der Waals surface area contributed by atoms with Crippen molar-refractivity contribution < 1.29 is 19.4 Å². The number of aliphatic hydroxyl groups excluding tert-OH is 1. The number of aliphatic hydroxyl groups is 1. The van der Waals surface area contributed by atoms with Gasteiger partial charge in [0.2, 0.25) is 5.95 Å². The minimum Gasteiger partial charge on any atom is -0.467 e. The Kier molecular flexibility index (Phi) is 6.90. The van der Waals surface area contributed by atoms with Crippen molar-refractivity contribution in [1.29, 1.82) is 0 Å². The predicted octanol–water partition coefficient (Wildman–Crippen LogP) is 2.97. The third-order valence-electron chi connectivity index (χ3n) is 6.60. The van der Waals surface area contributed by atoms with Gasteiger partial charge in [0.1, 0.15) is 0 Å². The van der Waals surface area contributed by atoms with Gasteiger partial charge in [-0.05, 0) is 52.5 Å². The lowest BCUT2D eigenvalue weighted by atomic mass is 9.85. The number of esters is 1. The quantitative estimate of drug-likeness (QED) is 0.483. The largest absolute Gasteiger partial charge is 0.467 e. The van der Waals surface area contributed by atoms with Crippen LogP contribution in [0.3, 0.4) is 0 Å². The van der Waals surface area contributed by atoms with E-state index in [4.69, 9.17) is 14.6 Å². The normalized spacial score (nSPS) is 19.8. The molecule has 1 aliphatic carbocycles. The van der Waals surface area contributed by atoms with Gasteiger partial charge in [-0.2, -0.15) is 5.10 Å². The fourth-order valence-corrected chi connectivity index (χ4v) is 4.60.